The highest BCUT2D eigenvalue weighted by atomic mass is 32.2. The molecule has 0 aliphatic rings. The zero-order chi connectivity index (χ0) is 10.6. The van der Waals surface area contributed by atoms with Crippen LogP contribution in [-0.4, -0.2) is 40.9 Å². The van der Waals surface area contributed by atoms with Gasteiger partial charge in [0.1, 0.15) is 15.5 Å². The average Bonchev–Trinajstić information content (AvgIpc) is 2.53. The van der Waals surface area contributed by atoms with Crippen molar-refractivity contribution in [1.29, 1.82) is 0 Å². The molecule has 0 saturated carbocycles. The number of aromatic nitrogens is 3. The van der Waals surface area contributed by atoms with E-state index in [0.29, 0.717) is 18.5 Å². The summed E-state index contributed by atoms with van der Waals surface area (Å²) < 4.78 is 21.6. The van der Waals surface area contributed by atoms with Gasteiger partial charge in [0.15, 0.2) is 0 Å². The summed E-state index contributed by atoms with van der Waals surface area (Å²) in [5.74, 6) is 0.0852. The van der Waals surface area contributed by atoms with Crippen molar-refractivity contribution in [3.8, 4) is 0 Å². The molecule has 7 heteroatoms. The number of sulfone groups is 1. The number of nitrogens with zero attached hydrogens (tertiary/aromatic N) is 2. The van der Waals surface area contributed by atoms with E-state index >= 15 is 0 Å². The van der Waals surface area contributed by atoms with Crippen LogP contribution in [0.2, 0.25) is 0 Å². The molecule has 0 saturated heterocycles. The van der Waals surface area contributed by atoms with E-state index < -0.39 is 15.9 Å². The van der Waals surface area contributed by atoms with Gasteiger partial charge in [-0.1, -0.05) is 0 Å². The summed E-state index contributed by atoms with van der Waals surface area (Å²) >= 11 is 0. The molecule has 1 aromatic rings. The molecule has 0 spiro atoms. The SMILES string of the molecule is CS(=O)(=O)CCCC(O)c1cn[nH]n1. The molecule has 1 heterocycles. The predicted octanol–water partition coefficient (Wildman–Crippen LogP) is -0.337. The van der Waals surface area contributed by atoms with Crippen LogP contribution in [0.25, 0.3) is 0 Å². The zero-order valence-electron chi connectivity index (χ0n) is 7.84. The topological polar surface area (TPSA) is 95.9 Å². The van der Waals surface area contributed by atoms with Crippen LogP contribution in [0.5, 0.6) is 0 Å². The third-order valence-corrected chi connectivity index (χ3v) is 2.80. The molecule has 0 radical (unpaired) electrons. The fourth-order valence-corrected chi connectivity index (χ4v) is 1.75. The van der Waals surface area contributed by atoms with E-state index in [1.807, 2.05) is 0 Å². The van der Waals surface area contributed by atoms with Gasteiger partial charge in [-0.15, -0.1) is 0 Å². The van der Waals surface area contributed by atoms with Crippen molar-refractivity contribution < 1.29 is 13.5 Å². The molecule has 80 valence electrons. The number of aliphatic hydroxyl groups excluding tert-OH is 1. The Kier molecular flexibility index (Phi) is 3.59. The largest absolute Gasteiger partial charge is 0.387 e. The molecule has 1 unspecified atom stereocenters. The van der Waals surface area contributed by atoms with Crippen molar-refractivity contribution >= 4 is 9.84 Å². The van der Waals surface area contributed by atoms with Gasteiger partial charge < -0.3 is 5.11 Å². The molecule has 0 aliphatic heterocycles. The number of nitrogens with one attached hydrogen (secondary N) is 1. The van der Waals surface area contributed by atoms with E-state index in [4.69, 9.17) is 0 Å². The standard InChI is InChI=1S/C7H13N3O3S/c1-14(12,13)4-2-3-7(11)6-5-8-10-9-6/h5,7,11H,2-4H2,1H3,(H,8,9,10). The Bertz CT molecular complexity index is 360. The lowest BCUT2D eigenvalue weighted by Crippen LogP contribution is -2.06. The van der Waals surface area contributed by atoms with Crippen molar-refractivity contribution in [1.82, 2.24) is 15.4 Å². The van der Waals surface area contributed by atoms with Crippen molar-refractivity contribution in [2.75, 3.05) is 12.0 Å². The normalized spacial score (nSPS) is 14.1. The minimum absolute atomic E-state index is 0.0852. The third kappa shape index (κ3) is 3.84. The molecule has 2 N–H and O–H groups in total. The van der Waals surface area contributed by atoms with E-state index in [9.17, 15) is 13.5 Å². The molecule has 1 rings (SSSR count). The van der Waals surface area contributed by atoms with Gasteiger partial charge >= 0.3 is 0 Å². The number of rotatable bonds is 5. The summed E-state index contributed by atoms with van der Waals surface area (Å²) in [5.41, 5.74) is 0.443. The molecule has 0 amide bonds. The fraction of sp³-hybridized carbons (Fsp3) is 0.714. The Labute approximate surface area is 82.3 Å². The first-order valence-corrected chi connectivity index (χ1v) is 6.26. The highest BCUT2D eigenvalue weighted by Gasteiger charge is 2.11. The molecular formula is C7H13N3O3S. The summed E-state index contributed by atoms with van der Waals surface area (Å²) in [7, 11) is -2.94. The fourth-order valence-electron chi connectivity index (χ4n) is 1.06. The summed E-state index contributed by atoms with van der Waals surface area (Å²) in [4.78, 5) is 0. The quantitative estimate of drug-likeness (QED) is 0.706. The van der Waals surface area contributed by atoms with Crippen LogP contribution >= 0.6 is 0 Å². The first-order valence-electron chi connectivity index (χ1n) is 4.20. The lowest BCUT2D eigenvalue weighted by molar-refractivity contribution is 0.162. The highest BCUT2D eigenvalue weighted by molar-refractivity contribution is 7.90. The molecule has 0 bridgehead atoms. The monoisotopic (exact) mass is 219 g/mol. The second kappa shape index (κ2) is 4.52. The van der Waals surface area contributed by atoms with E-state index in [0.717, 1.165) is 0 Å². The van der Waals surface area contributed by atoms with E-state index in [2.05, 4.69) is 15.4 Å². The summed E-state index contributed by atoms with van der Waals surface area (Å²) in [6, 6.07) is 0. The number of hydrogen-bond donors (Lipinski definition) is 2. The van der Waals surface area contributed by atoms with Gasteiger partial charge in [0.2, 0.25) is 0 Å². The second-order valence-electron chi connectivity index (χ2n) is 3.18. The third-order valence-electron chi connectivity index (χ3n) is 1.77. The lowest BCUT2D eigenvalue weighted by atomic mass is 10.2. The minimum Gasteiger partial charge on any atom is -0.387 e. The van der Waals surface area contributed by atoms with Crippen molar-refractivity contribution in [3.05, 3.63) is 11.9 Å². The van der Waals surface area contributed by atoms with Crippen LogP contribution < -0.4 is 0 Å². The van der Waals surface area contributed by atoms with Gasteiger partial charge in [0.25, 0.3) is 0 Å². The van der Waals surface area contributed by atoms with Gasteiger partial charge in [-0.3, -0.25) is 0 Å². The Hall–Kier alpha value is -0.950. The maximum Gasteiger partial charge on any atom is 0.147 e. The van der Waals surface area contributed by atoms with Crippen LogP contribution in [0, 0.1) is 0 Å². The Morgan fingerprint density at radius 1 is 1.64 bits per heavy atom. The van der Waals surface area contributed by atoms with Gasteiger partial charge in [0.05, 0.1) is 12.3 Å². The van der Waals surface area contributed by atoms with E-state index in [-0.39, 0.29) is 5.75 Å². The van der Waals surface area contributed by atoms with Crippen molar-refractivity contribution in [3.63, 3.8) is 0 Å². The molecule has 1 aromatic heterocycles. The molecular weight excluding hydrogens is 206 g/mol. The first kappa shape index (κ1) is 11.1. The van der Waals surface area contributed by atoms with Crippen LogP contribution in [0.1, 0.15) is 24.6 Å². The number of hydrogen-bond acceptors (Lipinski definition) is 5. The van der Waals surface area contributed by atoms with E-state index in [1.165, 1.54) is 12.5 Å². The van der Waals surface area contributed by atoms with Crippen LogP contribution in [0.3, 0.4) is 0 Å². The summed E-state index contributed by atoms with van der Waals surface area (Å²) in [5, 5.41) is 19.1. The molecule has 0 aliphatic carbocycles. The maximum absolute atomic E-state index is 10.8. The van der Waals surface area contributed by atoms with Crippen molar-refractivity contribution in [2.45, 2.75) is 18.9 Å². The first-order chi connectivity index (χ1) is 6.49. The Balaban J connectivity index is 2.33. The highest BCUT2D eigenvalue weighted by Crippen LogP contribution is 2.14. The second-order valence-corrected chi connectivity index (χ2v) is 5.44. The van der Waals surface area contributed by atoms with Gasteiger partial charge in [-0.25, -0.2) is 8.42 Å². The minimum atomic E-state index is -2.94. The van der Waals surface area contributed by atoms with Crippen LogP contribution in [0.4, 0.5) is 0 Å². The molecule has 0 fully saturated rings. The summed E-state index contributed by atoms with van der Waals surface area (Å²) in [6.45, 7) is 0. The Morgan fingerprint density at radius 3 is 2.86 bits per heavy atom. The van der Waals surface area contributed by atoms with Crippen molar-refractivity contribution in [2.24, 2.45) is 0 Å². The molecule has 14 heavy (non-hydrogen) atoms. The van der Waals surface area contributed by atoms with Gasteiger partial charge in [0, 0.05) is 12.0 Å². The van der Waals surface area contributed by atoms with Crippen LogP contribution in [0.15, 0.2) is 6.20 Å². The predicted molar refractivity (Wildman–Crippen MR) is 50.3 cm³/mol. The molecule has 0 aromatic carbocycles. The van der Waals surface area contributed by atoms with Crippen LogP contribution in [-0.2, 0) is 9.84 Å². The number of H-pyrrole nitrogens is 1. The molecule has 6 nitrogen and oxygen atoms in total. The number of aromatic amines is 1. The Morgan fingerprint density at radius 2 is 2.36 bits per heavy atom. The van der Waals surface area contributed by atoms with E-state index in [1.54, 1.807) is 0 Å². The maximum atomic E-state index is 10.8. The molecule has 1 atom stereocenters. The van der Waals surface area contributed by atoms with Gasteiger partial charge in [-0.2, -0.15) is 15.4 Å². The number of aliphatic hydroxyl groups is 1. The van der Waals surface area contributed by atoms with Gasteiger partial charge in [-0.05, 0) is 12.8 Å². The lowest BCUT2D eigenvalue weighted by Gasteiger charge is -2.05. The smallest absolute Gasteiger partial charge is 0.147 e. The zero-order valence-corrected chi connectivity index (χ0v) is 8.66. The summed E-state index contributed by atoms with van der Waals surface area (Å²) in [6.07, 6.45) is 2.66. The average molecular weight is 219 g/mol.